The molecule has 0 saturated heterocycles. The van der Waals surface area contributed by atoms with Crippen molar-refractivity contribution in [3.8, 4) is 0 Å². The number of carbonyl (C=O) groups is 3. The fourth-order valence-electron chi connectivity index (χ4n) is 4.82. The van der Waals surface area contributed by atoms with E-state index < -0.39 is 18.1 Å². The second-order valence-electron chi connectivity index (χ2n) is 8.44. The molecule has 7 heteroatoms. The van der Waals surface area contributed by atoms with E-state index in [9.17, 15) is 19.5 Å². The Morgan fingerprint density at radius 1 is 1.03 bits per heavy atom. The Morgan fingerprint density at radius 2 is 1.76 bits per heavy atom. The van der Waals surface area contributed by atoms with Gasteiger partial charge in [-0.1, -0.05) is 37.5 Å². The normalized spacial score (nSPS) is 18.9. The molecule has 29 heavy (non-hydrogen) atoms. The Balaban J connectivity index is 1.74. The summed E-state index contributed by atoms with van der Waals surface area (Å²) in [5, 5.41) is 15.2. The summed E-state index contributed by atoms with van der Waals surface area (Å²) in [6, 6.07) is 4.39. The van der Waals surface area contributed by atoms with E-state index in [0.717, 1.165) is 63.4 Å². The average molecular weight is 398 g/mol. The molecule has 1 fully saturated rings. The highest BCUT2D eigenvalue weighted by Crippen LogP contribution is 2.27. The van der Waals surface area contributed by atoms with E-state index in [2.05, 4.69) is 16.7 Å². The van der Waals surface area contributed by atoms with Crippen LogP contribution in [0.2, 0.25) is 0 Å². The Kier molecular flexibility index (Phi) is 7.34. The van der Waals surface area contributed by atoms with Crippen LogP contribution in [-0.4, -0.2) is 42.7 Å². The third-order valence-corrected chi connectivity index (χ3v) is 6.29. The number of carboxylic acid groups (broad SMARTS) is 1. The quantitative estimate of drug-likeness (QED) is 0.612. The van der Waals surface area contributed by atoms with Crippen molar-refractivity contribution in [1.29, 1.82) is 0 Å². The van der Waals surface area contributed by atoms with Crippen molar-refractivity contribution in [1.82, 2.24) is 10.6 Å². The number of carbonyl (C=O) groups excluding carboxylic acids is 2. The predicted octanol–water partition coefficient (Wildman–Crippen LogP) is 1.97. The Morgan fingerprint density at radius 3 is 2.45 bits per heavy atom. The average Bonchev–Trinajstić information content (AvgIpc) is 2.72. The Labute approximate surface area is 173 Å². The van der Waals surface area contributed by atoms with Crippen LogP contribution in [0.15, 0.2) is 18.2 Å². The first-order valence-electron chi connectivity index (χ1n) is 10.9. The van der Waals surface area contributed by atoms with Gasteiger partial charge in [0.2, 0.25) is 13.8 Å². The van der Waals surface area contributed by atoms with Gasteiger partial charge < -0.3 is 15.7 Å². The van der Waals surface area contributed by atoms with Crippen LogP contribution in [0.1, 0.15) is 61.6 Å². The van der Waals surface area contributed by atoms with Gasteiger partial charge in [-0.05, 0) is 61.1 Å². The molecule has 156 valence electrons. The second-order valence-corrected chi connectivity index (χ2v) is 8.44. The number of carboxylic acids is 1. The molecule has 1 aromatic rings. The van der Waals surface area contributed by atoms with Gasteiger partial charge in [0.25, 0.3) is 0 Å². The van der Waals surface area contributed by atoms with Gasteiger partial charge in [-0.25, -0.2) is 4.79 Å². The fraction of sp³-hybridized carbons (Fsp3) is 0.591. The summed E-state index contributed by atoms with van der Waals surface area (Å²) in [4.78, 5) is 36.6. The first-order valence-corrected chi connectivity index (χ1v) is 10.9. The highest BCUT2D eigenvalue weighted by molar-refractivity contribution is 6.57. The maximum atomic E-state index is 13.0. The maximum Gasteiger partial charge on any atom is 0.326 e. The molecular weight excluding hydrogens is 367 g/mol. The molecule has 0 radical (unpaired) electrons. The summed E-state index contributed by atoms with van der Waals surface area (Å²) in [5.74, 6) is -1.63. The van der Waals surface area contributed by atoms with E-state index in [1.54, 1.807) is 0 Å². The van der Waals surface area contributed by atoms with E-state index in [0.29, 0.717) is 0 Å². The first-order chi connectivity index (χ1) is 14.0. The number of nitrogens with one attached hydrogen (secondary N) is 2. The third kappa shape index (κ3) is 5.61. The molecule has 3 N–H and O–H groups in total. The molecule has 2 aliphatic rings. The predicted molar refractivity (Wildman–Crippen MR) is 114 cm³/mol. The zero-order valence-electron chi connectivity index (χ0n) is 17.2. The van der Waals surface area contributed by atoms with E-state index in [4.69, 9.17) is 0 Å². The lowest BCUT2D eigenvalue weighted by Gasteiger charge is -2.31. The molecule has 1 aromatic carbocycles. The van der Waals surface area contributed by atoms with Gasteiger partial charge in [-0.2, -0.15) is 0 Å². The van der Waals surface area contributed by atoms with Crippen LogP contribution in [0.4, 0.5) is 4.79 Å². The van der Waals surface area contributed by atoms with Crippen molar-refractivity contribution in [3.63, 3.8) is 0 Å². The maximum absolute atomic E-state index is 13.0. The van der Waals surface area contributed by atoms with Crippen molar-refractivity contribution in [3.05, 3.63) is 34.9 Å². The van der Waals surface area contributed by atoms with Crippen LogP contribution < -0.4 is 10.6 Å². The summed E-state index contributed by atoms with van der Waals surface area (Å²) in [6.45, 7) is 0. The van der Waals surface area contributed by atoms with Crippen LogP contribution in [0, 0.1) is 5.92 Å². The summed E-state index contributed by atoms with van der Waals surface area (Å²) in [7, 11) is 1.40. The third-order valence-electron chi connectivity index (χ3n) is 6.29. The highest BCUT2D eigenvalue weighted by atomic mass is 16.4. The minimum absolute atomic E-state index is 0.0616. The number of hydrogen-bond donors (Lipinski definition) is 3. The lowest BCUT2D eigenvalue weighted by Crippen LogP contribution is -2.55. The van der Waals surface area contributed by atoms with Gasteiger partial charge in [0.1, 0.15) is 12.1 Å². The van der Waals surface area contributed by atoms with Crippen molar-refractivity contribution in [2.45, 2.75) is 76.3 Å². The van der Waals surface area contributed by atoms with E-state index in [1.165, 1.54) is 19.0 Å². The van der Waals surface area contributed by atoms with Crippen LogP contribution in [0.5, 0.6) is 0 Å². The number of rotatable bonds is 7. The lowest BCUT2D eigenvalue weighted by atomic mass is 9.82. The standard InChI is InChI=1S/C22H31BN2O4/c23-22(29)25-19(15-8-2-1-3-9-15)20(26)24-18(21(27)28)13-16-11-6-10-14-7-4-5-12-17(14)16/h6,10-11,15,18-19H,1-5,7-9,12-13,23H2,(H,24,26)(H,25,29)(H,27,28)/t18-,19-/m0/s1. The van der Waals surface area contributed by atoms with Crippen LogP contribution in [0.25, 0.3) is 0 Å². The molecule has 6 nitrogen and oxygen atoms in total. The van der Waals surface area contributed by atoms with Crippen molar-refractivity contribution < 1.29 is 19.5 Å². The molecule has 0 heterocycles. The second kappa shape index (κ2) is 9.94. The molecule has 3 rings (SSSR count). The van der Waals surface area contributed by atoms with Crippen LogP contribution in [0.3, 0.4) is 0 Å². The van der Waals surface area contributed by atoms with Gasteiger partial charge in [-0.15, -0.1) is 0 Å². The topological polar surface area (TPSA) is 95.5 Å². The number of aliphatic carboxylic acids is 1. The Bertz CT molecular complexity index is 761. The van der Waals surface area contributed by atoms with Crippen molar-refractivity contribution >= 4 is 25.5 Å². The molecule has 2 amide bonds. The van der Waals surface area contributed by atoms with Crippen molar-refractivity contribution in [2.75, 3.05) is 0 Å². The number of amides is 2. The summed E-state index contributed by atoms with van der Waals surface area (Å²) < 4.78 is 0. The molecule has 0 unspecified atom stereocenters. The summed E-state index contributed by atoms with van der Waals surface area (Å²) in [6.07, 6.45) is 9.49. The largest absolute Gasteiger partial charge is 0.480 e. The zero-order chi connectivity index (χ0) is 20.8. The minimum Gasteiger partial charge on any atom is -0.480 e. The summed E-state index contributed by atoms with van der Waals surface area (Å²) >= 11 is 0. The van der Waals surface area contributed by atoms with Crippen LogP contribution >= 0.6 is 0 Å². The zero-order valence-corrected chi connectivity index (χ0v) is 17.2. The number of hydrogen-bond acceptors (Lipinski definition) is 3. The minimum atomic E-state index is -1.04. The van der Waals surface area contributed by atoms with Gasteiger partial charge in [-0.3, -0.25) is 9.59 Å². The Hall–Kier alpha value is -2.31. The molecular formula is C22H31BN2O4. The summed E-state index contributed by atoms with van der Waals surface area (Å²) in [5.41, 5.74) is 3.54. The first kappa shape index (κ1) is 21.4. The smallest absolute Gasteiger partial charge is 0.326 e. The number of benzene rings is 1. The highest BCUT2D eigenvalue weighted by Gasteiger charge is 2.33. The SMILES string of the molecule is BC(=O)N[C@H](C(=O)N[C@@H](Cc1cccc2c1CCCC2)C(=O)O)C1CCCCC1. The van der Waals surface area contributed by atoms with E-state index >= 15 is 0 Å². The van der Waals surface area contributed by atoms with Gasteiger partial charge in [0, 0.05) is 6.42 Å². The molecule has 0 spiro atoms. The molecule has 2 aliphatic carbocycles. The van der Waals surface area contributed by atoms with E-state index in [1.807, 2.05) is 12.1 Å². The van der Waals surface area contributed by atoms with Crippen molar-refractivity contribution in [2.24, 2.45) is 5.92 Å². The number of aryl methyl sites for hydroxylation is 1. The lowest BCUT2D eigenvalue weighted by molar-refractivity contribution is -0.142. The van der Waals surface area contributed by atoms with Gasteiger partial charge in [0.05, 0.1) is 0 Å². The molecule has 2 atom stereocenters. The number of fused-ring (bicyclic) bond motifs is 1. The molecule has 0 aromatic heterocycles. The van der Waals surface area contributed by atoms with Gasteiger partial charge in [0.15, 0.2) is 5.81 Å². The molecule has 0 bridgehead atoms. The van der Waals surface area contributed by atoms with Gasteiger partial charge >= 0.3 is 5.97 Å². The fourth-order valence-corrected chi connectivity index (χ4v) is 4.82. The van der Waals surface area contributed by atoms with Crippen LogP contribution in [-0.2, 0) is 28.9 Å². The molecule has 1 saturated carbocycles. The van der Waals surface area contributed by atoms with E-state index in [-0.39, 0.29) is 24.1 Å². The molecule has 0 aliphatic heterocycles. The monoisotopic (exact) mass is 398 g/mol.